The number of para-hydroxylation sites is 1. The highest BCUT2D eigenvalue weighted by Gasteiger charge is 2.31. The van der Waals surface area contributed by atoms with E-state index in [2.05, 4.69) is 65.2 Å². The Labute approximate surface area is 125 Å². The SMILES string of the molecule is c1ccc(CNC2=C3Nc4ccccc4C3CCC2)cc1. The first-order valence-corrected chi connectivity index (χ1v) is 7.78. The first-order chi connectivity index (χ1) is 10.4. The topological polar surface area (TPSA) is 24.1 Å². The minimum absolute atomic E-state index is 0.563. The number of benzene rings is 2. The fourth-order valence-electron chi connectivity index (χ4n) is 3.49. The van der Waals surface area contributed by atoms with Crippen molar-refractivity contribution in [3.8, 4) is 0 Å². The van der Waals surface area contributed by atoms with Gasteiger partial charge >= 0.3 is 0 Å². The lowest BCUT2D eigenvalue weighted by atomic mass is 9.87. The quantitative estimate of drug-likeness (QED) is 0.869. The summed E-state index contributed by atoms with van der Waals surface area (Å²) in [7, 11) is 0. The number of fused-ring (bicyclic) bond motifs is 3. The summed E-state index contributed by atoms with van der Waals surface area (Å²) in [6, 6.07) is 19.3. The van der Waals surface area contributed by atoms with Crippen LogP contribution in [0.5, 0.6) is 0 Å². The van der Waals surface area contributed by atoms with Crippen LogP contribution in [0.25, 0.3) is 0 Å². The van der Waals surface area contributed by atoms with Crippen LogP contribution in [0, 0.1) is 0 Å². The molecule has 2 N–H and O–H groups in total. The Balaban J connectivity index is 1.58. The van der Waals surface area contributed by atoms with Crippen LogP contribution in [-0.2, 0) is 6.54 Å². The largest absolute Gasteiger partial charge is 0.383 e. The Morgan fingerprint density at radius 2 is 1.81 bits per heavy atom. The van der Waals surface area contributed by atoms with Crippen molar-refractivity contribution in [2.45, 2.75) is 31.7 Å². The molecule has 21 heavy (non-hydrogen) atoms. The van der Waals surface area contributed by atoms with Crippen molar-refractivity contribution in [2.75, 3.05) is 5.32 Å². The highest BCUT2D eigenvalue weighted by Crippen LogP contribution is 2.45. The van der Waals surface area contributed by atoms with Gasteiger partial charge in [-0.25, -0.2) is 0 Å². The molecule has 0 radical (unpaired) electrons. The van der Waals surface area contributed by atoms with Gasteiger partial charge in [-0.1, -0.05) is 48.5 Å². The molecule has 2 aromatic carbocycles. The van der Waals surface area contributed by atoms with Crippen molar-refractivity contribution >= 4 is 5.69 Å². The summed E-state index contributed by atoms with van der Waals surface area (Å²) in [5.41, 5.74) is 6.89. The van der Waals surface area contributed by atoms with Gasteiger partial charge in [-0.15, -0.1) is 0 Å². The number of nitrogens with one attached hydrogen (secondary N) is 2. The van der Waals surface area contributed by atoms with E-state index in [4.69, 9.17) is 0 Å². The van der Waals surface area contributed by atoms with Crippen LogP contribution in [0.2, 0.25) is 0 Å². The van der Waals surface area contributed by atoms with Crippen LogP contribution in [0.3, 0.4) is 0 Å². The van der Waals surface area contributed by atoms with E-state index >= 15 is 0 Å². The van der Waals surface area contributed by atoms with Crippen LogP contribution < -0.4 is 10.6 Å². The molecule has 4 rings (SSSR count). The van der Waals surface area contributed by atoms with Crippen molar-refractivity contribution < 1.29 is 0 Å². The standard InChI is InChI=1S/C19H20N2/c1-2-7-14(8-3-1)13-20-18-12-6-10-16-15-9-4-5-11-17(15)21-19(16)18/h1-5,7-9,11,16,20-21H,6,10,12-13H2. The van der Waals surface area contributed by atoms with Crippen molar-refractivity contribution in [1.82, 2.24) is 5.32 Å². The smallest absolute Gasteiger partial charge is 0.0421 e. The summed E-state index contributed by atoms with van der Waals surface area (Å²) in [6.45, 7) is 0.907. The molecule has 0 fully saturated rings. The van der Waals surface area contributed by atoms with Crippen LogP contribution in [0.15, 0.2) is 66.0 Å². The summed E-state index contributed by atoms with van der Waals surface area (Å²) >= 11 is 0. The Morgan fingerprint density at radius 3 is 2.71 bits per heavy atom. The van der Waals surface area contributed by atoms with Gasteiger partial charge in [0.2, 0.25) is 0 Å². The molecule has 0 amide bonds. The van der Waals surface area contributed by atoms with E-state index in [1.807, 2.05) is 0 Å². The molecule has 1 heterocycles. The monoisotopic (exact) mass is 276 g/mol. The van der Waals surface area contributed by atoms with Gasteiger partial charge < -0.3 is 10.6 Å². The molecule has 0 saturated carbocycles. The molecule has 1 aliphatic carbocycles. The van der Waals surface area contributed by atoms with Crippen LogP contribution in [0.4, 0.5) is 5.69 Å². The zero-order chi connectivity index (χ0) is 14.1. The molecule has 1 unspecified atom stereocenters. The summed E-state index contributed by atoms with van der Waals surface area (Å²) in [5.74, 6) is 0.563. The van der Waals surface area contributed by atoms with Crippen LogP contribution >= 0.6 is 0 Å². The van der Waals surface area contributed by atoms with Crippen molar-refractivity contribution in [3.05, 3.63) is 77.1 Å². The lowest BCUT2D eigenvalue weighted by Gasteiger charge is -2.24. The van der Waals surface area contributed by atoms with Crippen molar-refractivity contribution in [3.63, 3.8) is 0 Å². The average Bonchev–Trinajstić information content (AvgIpc) is 2.93. The van der Waals surface area contributed by atoms with E-state index in [0.717, 1.165) is 13.0 Å². The van der Waals surface area contributed by atoms with E-state index < -0.39 is 0 Å². The third-order valence-electron chi connectivity index (χ3n) is 4.55. The fraction of sp³-hybridized carbons (Fsp3) is 0.263. The Morgan fingerprint density at radius 1 is 1.00 bits per heavy atom. The fourth-order valence-corrected chi connectivity index (χ4v) is 3.49. The Hall–Kier alpha value is -2.22. The van der Waals surface area contributed by atoms with Gasteiger partial charge in [0.15, 0.2) is 0 Å². The van der Waals surface area contributed by atoms with E-state index in [0.29, 0.717) is 5.92 Å². The highest BCUT2D eigenvalue weighted by molar-refractivity contribution is 5.66. The van der Waals surface area contributed by atoms with Crippen molar-refractivity contribution in [1.29, 1.82) is 0 Å². The lowest BCUT2D eigenvalue weighted by molar-refractivity contribution is 0.578. The molecular weight excluding hydrogens is 256 g/mol. The molecule has 0 spiro atoms. The number of rotatable bonds is 3. The second kappa shape index (κ2) is 5.28. The number of allylic oxidation sites excluding steroid dienone is 2. The molecule has 2 aromatic rings. The zero-order valence-corrected chi connectivity index (χ0v) is 12.1. The molecule has 0 bridgehead atoms. The van der Waals surface area contributed by atoms with Gasteiger partial charge in [-0.2, -0.15) is 0 Å². The second-order valence-electron chi connectivity index (χ2n) is 5.89. The summed E-state index contributed by atoms with van der Waals surface area (Å²) in [5, 5.41) is 7.30. The molecule has 1 aliphatic heterocycles. The predicted octanol–water partition coefficient (Wildman–Crippen LogP) is 4.38. The number of hydrogen-bond donors (Lipinski definition) is 2. The lowest BCUT2D eigenvalue weighted by Crippen LogP contribution is -2.21. The average molecular weight is 276 g/mol. The van der Waals surface area contributed by atoms with Crippen molar-refractivity contribution in [2.24, 2.45) is 0 Å². The molecule has 2 heteroatoms. The highest BCUT2D eigenvalue weighted by atomic mass is 15.0. The molecular formula is C19H20N2. The predicted molar refractivity (Wildman–Crippen MR) is 87.0 cm³/mol. The Kier molecular flexibility index (Phi) is 3.15. The first kappa shape index (κ1) is 12.5. The third kappa shape index (κ3) is 2.31. The molecule has 1 atom stereocenters. The number of anilines is 1. The third-order valence-corrected chi connectivity index (χ3v) is 4.55. The van der Waals surface area contributed by atoms with Gasteiger partial charge in [0.05, 0.1) is 0 Å². The summed E-state index contributed by atoms with van der Waals surface area (Å²) < 4.78 is 0. The molecule has 106 valence electrons. The summed E-state index contributed by atoms with van der Waals surface area (Å²) in [4.78, 5) is 0. The molecule has 2 aliphatic rings. The van der Waals surface area contributed by atoms with Gasteiger partial charge in [0.25, 0.3) is 0 Å². The van der Waals surface area contributed by atoms with Crippen LogP contribution in [-0.4, -0.2) is 0 Å². The van der Waals surface area contributed by atoms with E-state index in [1.54, 1.807) is 0 Å². The van der Waals surface area contributed by atoms with Gasteiger partial charge in [0, 0.05) is 29.5 Å². The zero-order valence-electron chi connectivity index (χ0n) is 12.1. The van der Waals surface area contributed by atoms with Gasteiger partial charge in [-0.3, -0.25) is 0 Å². The second-order valence-corrected chi connectivity index (χ2v) is 5.89. The minimum atomic E-state index is 0.563. The first-order valence-electron chi connectivity index (χ1n) is 7.78. The van der Waals surface area contributed by atoms with Gasteiger partial charge in [0.1, 0.15) is 0 Å². The maximum Gasteiger partial charge on any atom is 0.0421 e. The van der Waals surface area contributed by atoms with Crippen LogP contribution in [0.1, 0.15) is 36.3 Å². The van der Waals surface area contributed by atoms with Gasteiger partial charge in [-0.05, 0) is 36.5 Å². The molecule has 0 saturated heterocycles. The van der Waals surface area contributed by atoms with E-state index in [1.165, 1.54) is 41.1 Å². The maximum atomic E-state index is 3.66. The van der Waals surface area contributed by atoms with E-state index in [9.17, 15) is 0 Å². The van der Waals surface area contributed by atoms with E-state index in [-0.39, 0.29) is 0 Å². The normalized spacial score (nSPS) is 19.7. The molecule has 0 aromatic heterocycles. The minimum Gasteiger partial charge on any atom is -0.383 e. The maximum absolute atomic E-state index is 3.66. The summed E-state index contributed by atoms with van der Waals surface area (Å²) in [6.07, 6.45) is 3.68. The Bertz CT molecular complexity index is 673. The molecule has 2 nitrogen and oxygen atoms in total. The number of hydrogen-bond acceptors (Lipinski definition) is 2.